The topological polar surface area (TPSA) is 38.9 Å². The third-order valence-corrected chi connectivity index (χ3v) is 7.17. The van der Waals surface area contributed by atoms with Gasteiger partial charge >= 0.3 is 0 Å². The van der Waals surface area contributed by atoms with Crippen LogP contribution in [0, 0.1) is 19.0 Å². The molecule has 4 heteroatoms. The van der Waals surface area contributed by atoms with Gasteiger partial charge in [-0.15, -0.1) is 54.1 Å². The molecule has 43 heavy (non-hydrogen) atoms. The van der Waals surface area contributed by atoms with Gasteiger partial charge in [0.15, 0.2) is 0 Å². The Kier molecular flexibility index (Phi) is 7.86. The molecule has 7 rings (SSSR count). The van der Waals surface area contributed by atoms with Crippen molar-refractivity contribution in [2.24, 2.45) is 0 Å². The molecule has 0 amide bonds. The summed E-state index contributed by atoms with van der Waals surface area (Å²) in [7, 11) is 0. The van der Waals surface area contributed by atoms with Gasteiger partial charge in [0.05, 0.1) is 5.58 Å². The molecule has 0 atom stereocenters. The Labute approximate surface area is 271 Å². The average molecular weight is 740 g/mol. The van der Waals surface area contributed by atoms with Crippen LogP contribution in [0.3, 0.4) is 0 Å². The molecule has 0 N–H and O–H groups in total. The predicted molar refractivity (Wildman–Crippen MR) is 173 cm³/mol. The molecule has 0 unspecified atom stereocenters. The fraction of sp³-hybridized carbons (Fsp3) is 0.128. The zero-order valence-electron chi connectivity index (χ0n) is 27.2. The fourth-order valence-corrected chi connectivity index (χ4v) is 4.94. The van der Waals surface area contributed by atoms with Crippen LogP contribution >= 0.6 is 0 Å². The van der Waals surface area contributed by atoms with E-state index in [4.69, 9.17) is 8.53 Å². The van der Waals surface area contributed by atoms with Gasteiger partial charge < -0.3 is 14.4 Å². The molecular formula is C39H32IrN2O-2. The van der Waals surface area contributed by atoms with Crippen LogP contribution in [-0.4, -0.2) is 9.97 Å². The van der Waals surface area contributed by atoms with Crippen molar-refractivity contribution in [1.29, 1.82) is 0 Å². The van der Waals surface area contributed by atoms with E-state index in [2.05, 4.69) is 104 Å². The van der Waals surface area contributed by atoms with Gasteiger partial charge in [-0.05, 0) is 46.4 Å². The minimum Gasteiger partial charge on any atom is -0.500 e. The number of rotatable bonds is 3. The molecule has 3 aromatic heterocycles. The minimum atomic E-state index is -2.09. The van der Waals surface area contributed by atoms with Gasteiger partial charge in [-0.25, -0.2) is 0 Å². The van der Waals surface area contributed by atoms with E-state index >= 15 is 0 Å². The van der Waals surface area contributed by atoms with Crippen molar-refractivity contribution < 1.29 is 28.6 Å². The molecule has 0 aliphatic rings. The average Bonchev–Trinajstić information content (AvgIpc) is 3.44. The quantitative estimate of drug-likeness (QED) is 0.169. The number of aryl methyl sites for hydroxylation is 1. The third kappa shape index (κ3) is 6.51. The minimum absolute atomic E-state index is 0. The number of fused-ring (bicyclic) bond motifs is 3. The normalized spacial score (nSPS) is 12.4. The Hall–Kier alpha value is -4.37. The summed E-state index contributed by atoms with van der Waals surface area (Å²) in [6.07, 6.45) is 3.27. The zero-order valence-corrected chi connectivity index (χ0v) is 26.6. The SMILES string of the molecule is CC(C)(C)c1ccnc(-c2[c-]ccc3c2oc2c(-c4ccccc4)cccc23)c1.[2H]C([2H])([2H])c1ccc(-c2[c-]cccc2)nc1.[Ir]. The Morgan fingerprint density at radius 3 is 2.26 bits per heavy atom. The van der Waals surface area contributed by atoms with Gasteiger partial charge in [0.25, 0.3) is 0 Å². The van der Waals surface area contributed by atoms with E-state index in [1.54, 1.807) is 18.2 Å². The van der Waals surface area contributed by atoms with E-state index in [1.165, 1.54) is 11.8 Å². The molecular weight excluding hydrogens is 705 g/mol. The second-order valence-corrected chi connectivity index (χ2v) is 11.1. The number of pyridine rings is 2. The van der Waals surface area contributed by atoms with Crippen molar-refractivity contribution in [3.8, 4) is 33.6 Å². The van der Waals surface area contributed by atoms with Crippen LogP contribution in [0.4, 0.5) is 0 Å². The molecule has 0 aliphatic carbocycles. The standard InChI is InChI=1S/C27H22NO.C12H10N.Ir/c1-27(2,3)19-15-16-28-24(17-19)23-14-8-13-22-21-12-7-11-20(25(21)29-26(22)23)18-9-5-4-6-10-18;1-10-7-8-12(13-9-10)11-5-3-2-4-6-11;/h4-13,15-17H,1-3H3;2-5,7-9H,1H3;/q2*-1;/i;1D3;. The summed E-state index contributed by atoms with van der Waals surface area (Å²) >= 11 is 0. The van der Waals surface area contributed by atoms with Crippen LogP contribution in [0.2, 0.25) is 0 Å². The molecule has 1 radical (unpaired) electrons. The molecule has 3 heterocycles. The molecule has 4 aromatic carbocycles. The van der Waals surface area contributed by atoms with Gasteiger partial charge in [0, 0.05) is 47.6 Å². The van der Waals surface area contributed by atoms with Crippen LogP contribution in [0.5, 0.6) is 0 Å². The summed E-state index contributed by atoms with van der Waals surface area (Å²) in [4.78, 5) is 8.76. The van der Waals surface area contributed by atoms with Crippen molar-refractivity contribution in [2.45, 2.75) is 33.0 Å². The summed E-state index contributed by atoms with van der Waals surface area (Å²) in [6.45, 7) is 4.54. The maximum Gasteiger partial charge on any atom is 0.128 e. The Balaban J connectivity index is 0.000000209. The van der Waals surface area contributed by atoms with Gasteiger partial charge in [-0.3, -0.25) is 0 Å². The van der Waals surface area contributed by atoms with E-state index in [0.717, 1.165) is 55.6 Å². The van der Waals surface area contributed by atoms with E-state index in [9.17, 15) is 0 Å². The van der Waals surface area contributed by atoms with Crippen LogP contribution in [0.1, 0.15) is 36.0 Å². The largest absolute Gasteiger partial charge is 0.500 e. The smallest absolute Gasteiger partial charge is 0.128 e. The molecule has 215 valence electrons. The van der Waals surface area contributed by atoms with Gasteiger partial charge in [0.2, 0.25) is 0 Å². The third-order valence-electron chi connectivity index (χ3n) is 7.17. The number of hydrogen-bond acceptors (Lipinski definition) is 3. The summed E-state index contributed by atoms with van der Waals surface area (Å²) in [5.41, 5.74) is 8.93. The summed E-state index contributed by atoms with van der Waals surface area (Å²) < 4.78 is 28.2. The Bertz CT molecular complexity index is 2070. The number of para-hydroxylation sites is 1. The Morgan fingerprint density at radius 2 is 1.53 bits per heavy atom. The molecule has 0 saturated carbocycles. The van der Waals surface area contributed by atoms with Crippen molar-refractivity contribution in [3.63, 3.8) is 0 Å². The Morgan fingerprint density at radius 1 is 0.721 bits per heavy atom. The number of benzene rings is 4. The second-order valence-electron chi connectivity index (χ2n) is 11.1. The number of furan rings is 1. The molecule has 0 bridgehead atoms. The zero-order chi connectivity index (χ0) is 31.6. The van der Waals surface area contributed by atoms with Crippen LogP contribution in [0.25, 0.3) is 55.6 Å². The van der Waals surface area contributed by atoms with Crippen molar-refractivity contribution in [1.82, 2.24) is 9.97 Å². The van der Waals surface area contributed by atoms with Crippen molar-refractivity contribution in [3.05, 3.63) is 145 Å². The number of nitrogens with zero attached hydrogens (tertiary/aromatic N) is 2. The maximum absolute atomic E-state index is 7.23. The van der Waals surface area contributed by atoms with Crippen molar-refractivity contribution in [2.75, 3.05) is 0 Å². The first-order valence-electron chi connectivity index (χ1n) is 15.4. The van der Waals surface area contributed by atoms with Crippen molar-refractivity contribution >= 4 is 21.9 Å². The first-order chi connectivity index (χ1) is 21.6. The van der Waals surface area contributed by atoms with E-state index in [-0.39, 0.29) is 31.1 Å². The predicted octanol–water partition coefficient (Wildman–Crippen LogP) is 10.3. The van der Waals surface area contributed by atoms with Crippen LogP contribution in [0.15, 0.2) is 126 Å². The fourth-order valence-electron chi connectivity index (χ4n) is 4.94. The van der Waals surface area contributed by atoms with Gasteiger partial charge in [-0.1, -0.05) is 98.5 Å². The molecule has 3 nitrogen and oxygen atoms in total. The van der Waals surface area contributed by atoms with Crippen LogP contribution < -0.4 is 0 Å². The van der Waals surface area contributed by atoms with E-state index in [0.29, 0.717) is 0 Å². The molecule has 7 aromatic rings. The molecule has 0 saturated heterocycles. The molecule has 0 spiro atoms. The number of hydrogen-bond donors (Lipinski definition) is 0. The summed E-state index contributed by atoms with van der Waals surface area (Å²) in [6, 6.07) is 42.1. The van der Waals surface area contributed by atoms with Gasteiger partial charge in [0.1, 0.15) is 5.58 Å². The first kappa shape index (κ1) is 26.3. The van der Waals surface area contributed by atoms with Crippen LogP contribution in [-0.2, 0) is 25.5 Å². The second kappa shape index (κ2) is 12.9. The number of aromatic nitrogens is 2. The summed E-state index contributed by atoms with van der Waals surface area (Å²) in [5, 5.41) is 2.21. The van der Waals surface area contributed by atoms with Gasteiger partial charge in [-0.2, -0.15) is 0 Å². The van der Waals surface area contributed by atoms with E-state index in [1.807, 2.05) is 36.5 Å². The monoisotopic (exact) mass is 740 g/mol. The molecule has 0 aliphatic heterocycles. The summed E-state index contributed by atoms with van der Waals surface area (Å²) in [5.74, 6) is 0. The maximum atomic E-state index is 7.23. The first-order valence-corrected chi connectivity index (χ1v) is 13.9. The molecule has 0 fully saturated rings. The van der Waals surface area contributed by atoms with E-state index < -0.39 is 6.85 Å².